The number of nitrogens with one attached hydrogen (secondary N) is 1. The van der Waals surface area contributed by atoms with Gasteiger partial charge in [0.2, 0.25) is 0 Å². The van der Waals surface area contributed by atoms with Gasteiger partial charge in [0.05, 0.1) is 18.4 Å². The summed E-state index contributed by atoms with van der Waals surface area (Å²) >= 11 is 0. The first-order valence-electron chi connectivity index (χ1n) is 6.21. The molecule has 2 N–H and O–H groups in total. The maximum absolute atomic E-state index is 11.3. The highest BCUT2D eigenvalue weighted by Gasteiger charge is 2.05. The van der Waals surface area contributed by atoms with Crippen molar-refractivity contribution < 1.29 is 14.6 Å². The van der Waals surface area contributed by atoms with Crippen molar-refractivity contribution in [2.45, 2.75) is 13.1 Å². The number of hydrogen-bond acceptors (Lipinski definition) is 5. The predicted molar refractivity (Wildman–Crippen MR) is 74.2 cm³/mol. The Kier molecular flexibility index (Phi) is 4.68. The van der Waals surface area contributed by atoms with E-state index < -0.39 is 0 Å². The molecule has 0 unspecified atom stereocenters. The van der Waals surface area contributed by atoms with Crippen molar-refractivity contribution in [3.8, 4) is 5.75 Å². The molecule has 0 aliphatic rings. The standard InChI is InChI=1S/C15H16N2O3/c1-20-15(19)12-4-5-13(17-9-12)10-16-8-11-2-6-14(18)7-3-11/h2-7,9,16,18H,8,10H2,1H3. The van der Waals surface area contributed by atoms with Crippen molar-refractivity contribution >= 4 is 5.97 Å². The Morgan fingerprint density at radius 1 is 1.20 bits per heavy atom. The monoisotopic (exact) mass is 272 g/mol. The largest absolute Gasteiger partial charge is 0.508 e. The first kappa shape index (κ1) is 14.0. The van der Waals surface area contributed by atoms with Crippen LogP contribution in [-0.4, -0.2) is 23.2 Å². The second kappa shape index (κ2) is 6.68. The van der Waals surface area contributed by atoms with Crippen LogP contribution in [0.5, 0.6) is 5.75 Å². The lowest BCUT2D eigenvalue weighted by Gasteiger charge is -2.05. The molecule has 2 rings (SSSR count). The number of hydrogen-bond donors (Lipinski definition) is 2. The van der Waals surface area contributed by atoms with Gasteiger partial charge >= 0.3 is 5.97 Å². The van der Waals surface area contributed by atoms with Crippen LogP contribution in [0.25, 0.3) is 0 Å². The highest BCUT2D eigenvalue weighted by atomic mass is 16.5. The van der Waals surface area contributed by atoms with Gasteiger partial charge < -0.3 is 15.2 Å². The highest BCUT2D eigenvalue weighted by molar-refractivity contribution is 5.88. The smallest absolute Gasteiger partial charge is 0.339 e. The molecule has 20 heavy (non-hydrogen) atoms. The number of esters is 1. The molecule has 0 radical (unpaired) electrons. The second-order valence-corrected chi connectivity index (χ2v) is 4.30. The third-order valence-corrected chi connectivity index (χ3v) is 2.82. The van der Waals surface area contributed by atoms with Crippen molar-refractivity contribution in [2.75, 3.05) is 7.11 Å². The van der Waals surface area contributed by atoms with Gasteiger partial charge in [-0.2, -0.15) is 0 Å². The number of benzene rings is 1. The number of methoxy groups -OCH3 is 1. The van der Waals surface area contributed by atoms with Crippen LogP contribution in [0.3, 0.4) is 0 Å². The summed E-state index contributed by atoms with van der Waals surface area (Å²) in [5, 5.41) is 12.4. The van der Waals surface area contributed by atoms with Crippen LogP contribution >= 0.6 is 0 Å². The van der Waals surface area contributed by atoms with Crippen molar-refractivity contribution in [1.29, 1.82) is 0 Å². The zero-order chi connectivity index (χ0) is 14.4. The van der Waals surface area contributed by atoms with Gasteiger partial charge in [0.15, 0.2) is 0 Å². The first-order valence-corrected chi connectivity index (χ1v) is 6.21. The minimum absolute atomic E-state index is 0.258. The fraction of sp³-hybridized carbons (Fsp3) is 0.200. The maximum atomic E-state index is 11.3. The van der Waals surface area contributed by atoms with E-state index in [0.29, 0.717) is 18.7 Å². The van der Waals surface area contributed by atoms with Crippen molar-refractivity contribution in [2.24, 2.45) is 0 Å². The summed E-state index contributed by atoms with van der Waals surface area (Å²) in [5.41, 5.74) is 2.36. The molecule has 0 bridgehead atoms. The number of rotatable bonds is 5. The van der Waals surface area contributed by atoms with Crippen LogP contribution in [-0.2, 0) is 17.8 Å². The Hall–Kier alpha value is -2.40. The molecule has 0 fully saturated rings. The highest BCUT2D eigenvalue weighted by Crippen LogP contribution is 2.09. The molecular weight excluding hydrogens is 256 g/mol. The Bertz CT molecular complexity index is 565. The van der Waals surface area contributed by atoms with E-state index in [1.165, 1.54) is 13.3 Å². The van der Waals surface area contributed by atoms with E-state index in [0.717, 1.165) is 11.3 Å². The molecule has 0 spiro atoms. The topological polar surface area (TPSA) is 71.5 Å². The van der Waals surface area contributed by atoms with Crippen LogP contribution in [0.1, 0.15) is 21.6 Å². The summed E-state index contributed by atoms with van der Waals surface area (Å²) in [6.45, 7) is 1.28. The van der Waals surface area contributed by atoms with E-state index >= 15 is 0 Å². The molecule has 5 nitrogen and oxygen atoms in total. The van der Waals surface area contributed by atoms with Gasteiger partial charge in [-0.25, -0.2) is 4.79 Å². The zero-order valence-corrected chi connectivity index (χ0v) is 11.2. The lowest BCUT2D eigenvalue weighted by Crippen LogP contribution is -2.14. The van der Waals surface area contributed by atoms with Crippen LogP contribution in [0.15, 0.2) is 42.6 Å². The number of ether oxygens (including phenoxy) is 1. The Morgan fingerprint density at radius 2 is 1.95 bits per heavy atom. The lowest BCUT2D eigenvalue weighted by molar-refractivity contribution is 0.0600. The number of aromatic nitrogens is 1. The molecule has 0 saturated carbocycles. The number of carbonyl (C=O) groups excluding carboxylic acids is 1. The van der Waals surface area contributed by atoms with E-state index in [1.54, 1.807) is 24.3 Å². The Labute approximate surface area is 117 Å². The molecule has 5 heteroatoms. The molecule has 0 aliphatic carbocycles. The zero-order valence-electron chi connectivity index (χ0n) is 11.2. The molecule has 0 atom stereocenters. The number of carbonyl (C=O) groups is 1. The van der Waals surface area contributed by atoms with Crippen LogP contribution in [0, 0.1) is 0 Å². The van der Waals surface area contributed by atoms with E-state index in [2.05, 4.69) is 15.0 Å². The van der Waals surface area contributed by atoms with Gasteiger partial charge in [-0.1, -0.05) is 12.1 Å². The molecule has 1 aromatic carbocycles. The summed E-state index contributed by atoms with van der Waals surface area (Å²) in [4.78, 5) is 15.4. The number of nitrogens with zero attached hydrogens (tertiary/aromatic N) is 1. The lowest BCUT2D eigenvalue weighted by atomic mass is 10.2. The molecule has 1 aromatic heterocycles. The average molecular weight is 272 g/mol. The van der Waals surface area contributed by atoms with Gasteiger partial charge in [0, 0.05) is 19.3 Å². The van der Waals surface area contributed by atoms with E-state index in [1.807, 2.05) is 12.1 Å². The SMILES string of the molecule is COC(=O)c1ccc(CNCc2ccc(O)cc2)nc1. The summed E-state index contributed by atoms with van der Waals surface area (Å²) in [5.74, 6) is -0.130. The maximum Gasteiger partial charge on any atom is 0.339 e. The number of phenols is 1. The Balaban J connectivity index is 1.85. The molecule has 2 aromatic rings. The van der Waals surface area contributed by atoms with E-state index in [-0.39, 0.29) is 11.7 Å². The fourth-order valence-corrected chi connectivity index (χ4v) is 1.72. The first-order chi connectivity index (χ1) is 9.69. The summed E-state index contributed by atoms with van der Waals surface area (Å²) < 4.78 is 4.61. The normalized spacial score (nSPS) is 10.2. The average Bonchev–Trinajstić information content (AvgIpc) is 2.49. The van der Waals surface area contributed by atoms with Gasteiger partial charge in [-0.05, 0) is 29.8 Å². The minimum atomic E-state index is -0.388. The third-order valence-electron chi connectivity index (χ3n) is 2.82. The van der Waals surface area contributed by atoms with Crippen LogP contribution < -0.4 is 5.32 Å². The van der Waals surface area contributed by atoms with Crippen molar-refractivity contribution in [1.82, 2.24) is 10.3 Å². The molecule has 0 amide bonds. The van der Waals surface area contributed by atoms with Crippen molar-refractivity contribution in [3.63, 3.8) is 0 Å². The quantitative estimate of drug-likeness (QED) is 0.813. The summed E-state index contributed by atoms with van der Waals surface area (Å²) in [7, 11) is 1.34. The third kappa shape index (κ3) is 3.80. The minimum Gasteiger partial charge on any atom is -0.508 e. The summed E-state index contributed by atoms with van der Waals surface area (Å²) in [6, 6.07) is 10.5. The van der Waals surface area contributed by atoms with E-state index in [9.17, 15) is 9.90 Å². The van der Waals surface area contributed by atoms with Gasteiger partial charge in [0.25, 0.3) is 0 Å². The number of pyridine rings is 1. The van der Waals surface area contributed by atoms with Crippen molar-refractivity contribution in [3.05, 3.63) is 59.4 Å². The van der Waals surface area contributed by atoms with E-state index in [4.69, 9.17) is 0 Å². The predicted octanol–water partition coefficient (Wildman–Crippen LogP) is 1.86. The fourth-order valence-electron chi connectivity index (χ4n) is 1.72. The second-order valence-electron chi connectivity index (χ2n) is 4.30. The number of aromatic hydroxyl groups is 1. The van der Waals surface area contributed by atoms with Crippen LogP contribution in [0.4, 0.5) is 0 Å². The molecule has 0 aliphatic heterocycles. The Morgan fingerprint density at radius 3 is 2.55 bits per heavy atom. The number of phenolic OH excluding ortho intramolecular Hbond substituents is 1. The van der Waals surface area contributed by atoms with Gasteiger partial charge in [-0.3, -0.25) is 4.98 Å². The molecular formula is C15H16N2O3. The van der Waals surface area contributed by atoms with Gasteiger partial charge in [-0.15, -0.1) is 0 Å². The molecule has 0 saturated heterocycles. The van der Waals surface area contributed by atoms with Gasteiger partial charge in [0.1, 0.15) is 5.75 Å². The van der Waals surface area contributed by atoms with Crippen LogP contribution in [0.2, 0.25) is 0 Å². The summed E-state index contributed by atoms with van der Waals surface area (Å²) in [6.07, 6.45) is 1.50. The molecule has 104 valence electrons. The molecule has 1 heterocycles.